The Morgan fingerprint density at radius 2 is 2.07 bits per heavy atom. The van der Waals surface area contributed by atoms with Crippen molar-refractivity contribution < 1.29 is 13.2 Å². The molecule has 0 bridgehead atoms. The molecule has 0 aromatic carbocycles. The summed E-state index contributed by atoms with van der Waals surface area (Å²) in [4.78, 5) is 10.2. The number of aryl methyl sites for hydroxylation is 1. The molecule has 1 heterocycles. The van der Waals surface area contributed by atoms with Gasteiger partial charge in [0.1, 0.15) is 9.84 Å². The zero-order valence-corrected chi connectivity index (χ0v) is 9.99. The van der Waals surface area contributed by atoms with Crippen molar-refractivity contribution in [1.29, 1.82) is 0 Å². The second kappa shape index (κ2) is 6.34. The SMILES string of the molecule is CC.CS(=O)(=O)CCn1cc(C=O)cn1. The van der Waals surface area contributed by atoms with Gasteiger partial charge in [-0.1, -0.05) is 13.8 Å². The van der Waals surface area contributed by atoms with Crippen LogP contribution in [0.1, 0.15) is 24.2 Å². The average molecular weight is 232 g/mol. The Bertz CT molecular complexity index is 395. The van der Waals surface area contributed by atoms with E-state index in [-0.39, 0.29) is 12.3 Å². The van der Waals surface area contributed by atoms with Crippen LogP contribution in [0.25, 0.3) is 0 Å². The van der Waals surface area contributed by atoms with Crippen molar-refractivity contribution in [2.45, 2.75) is 20.4 Å². The molecule has 1 rings (SSSR count). The summed E-state index contributed by atoms with van der Waals surface area (Å²) in [5, 5.41) is 3.81. The van der Waals surface area contributed by atoms with E-state index in [4.69, 9.17) is 0 Å². The molecule has 86 valence electrons. The number of sulfone groups is 1. The monoisotopic (exact) mass is 232 g/mol. The average Bonchev–Trinajstić information content (AvgIpc) is 2.64. The smallest absolute Gasteiger partial charge is 0.153 e. The third-order valence-corrected chi connectivity index (χ3v) is 2.40. The molecule has 1 aromatic rings. The maximum atomic E-state index is 10.8. The van der Waals surface area contributed by atoms with Crippen LogP contribution < -0.4 is 0 Å². The minimum atomic E-state index is -2.97. The van der Waals surface area contributed by atoms with E-state index in [2.05, 4.69) is 5.10 Å². The fraction of sp³-hybridized carbons (Fsp3) is 0.556. The summed E-state index contributed by atoms with van der Waals surface area (Å²) in [6.07, 6.45) is 4.74. The molecule has 0 saturated carbocycles. The predicted molar refractivity (Wildman–Crippen MR) is 58.7 cm³/mol. The van der Waals surface area contributed by atoms with E-state index in [1.807, 2.05) is 13.8 Å². The van der Waals surface area contributed by atoms with Crippen molar-refractivity contribution in [2.24, 2.45) is 0 Å². The van der Waals surface area contributed by atoms with Crippen molar-refractivity contribution >= 4 is 16.1 Å². The highest BCUT2D eigenvalue weighted by molar-refractivity contribution is 7.90. The van der Waals surface area contributed by atoms with Gasteiger partial charge < -0.3 is 0 Å². The molecular weight excluding hydrogens is 216 g/mol. The maximum Gasteiger partial charge on any atom is 0.153 e. The molecule has 5 nitrogen and oxygen atoms in total. The van der Waals surface area contributed by atoms with Gasteiger partial charge in [0, 0.05) is 12.5 Å². The lowest BCUT2D eigenvalue weighted by atomic mass is 10.4. The number of carbonyl (C=O) groups is 1. The molecular formula is C9H16N2O3S. The van der Waals surface area contributed by atoms with Crippen LogP contribution in [-0.4, -0.2) is 36.5 Å². The Morgan fingerprint density at radius 1 is 1.47 bits per heavy atom. The molecule has 0 saturated heterocycles. The van der Waals surface area contributed by atoms with Gasteiger partial charge in [0.05, 0.1) is 24.1 Å². The molecule has 0 fully saturated rings. The number of nitrogens with zero attached hydrogens (tertiary/aromatic N) is 2. The number of rotatable bonds is 4. The quantitative estimate of drug-likeness (QED) is 0.719. The van der Waals surface area contributed by atoms with Gasteiger partial charge in [0.15, 0.2) is 6.29 Å². The number of carbonyl (C=O) groups excluding carboxylic acids is 1. The van der Waals surface area contributed by atoms with Gasteiger partial charge in [-0.15, -0.1) is 0 Å². The van der Waals surface area contributed by atoms with Crippen molar-refractivity contribution in [3.63, 3.8) is 0 Å². The van der Waals surface area contributed by atoms with Gasteiger partial charge in [0.2, 0.25) is 0 Å². The Kier molecular flexibility index (Phi) is 5.84. The molecule has 0 amide bonds. The molecule has 0 unspecified atom stereocenters. The molecule has 0 aliphatic rings. The lowest BCUT2D eigenvalue weighted by Crippen LogP contribution is -2.11. The van der Waals surface area contributed by atoms with Crippen LogP contribution in [0.2, 0.25) is 0 Å². The first-order valence-corrected chi connectivity index (χ1v) is 6.73. The normalized spacial score (nSPS) is 10.3. The third kappa shape index (κ3) is 6.01. The highest BCUT2D eigenvalue weighted by Crippen LogP contribution is 1.94. The van der Waals surface area contributed by atoms with Gasteiger partial charge >= 0.3 is 0 Å². The Labute approximate surface area is 90.0 Å². The van der Waals surface area contributed by atoms with E-state index >= 15 is 0 Å². The summed E-state index contributed by atoms with van der Waals surface area (Å²) in [5.74, 6) is 0.0347. The van der Waals surface area contributed by atoms with Crippen molar-refractivity contribution in [1.82, 2.24) is 9.78 Å². The first kappa shape index (κ1) is 13.8. The minimum Gasteiger partial charge on any atom is -0.298 e. The van der Waals surface area contributed by atoms with Crippen molar-refractivity contribution in [2.75, 3.05) is 12.0 Å². The van der Waals surface area contributed by atoms with Crippen molar-refractivity contribution in [3.05, 3.63) is 18.0 Å². The van der Waals surface area contributed by atoms with E-state index in [1.54, 1.807) is 0 Å². The fourth-order valence-corrected chi connectivity index (χ4v) is 1.34. The van der Waals surface area contributed by atoms with Crippen LogP contribution in [0.3, 0.4) is 0 Å². The highest BCUT2D eigenvalue weighted by Gasteiger charge is 2.03. The lowest BCUT2D eigenvalue weighted by Gasteiger charge is -1.98. The van der Waals surface area contributed by atoms with Crippen LogP contribution in [0, 0.1) is 0 Å². The first-order valence-electron chi connectivity index (χ1n) is 4.66. The Hall–Kier alpha value is -1.17. The highest BCUT2D eigenvalue weighted by atomic mass is 32.2. The topological polar surface area (TPSA) is 69.0 Å². The molecule has 0 radical (unpaired) electrons. The standard InChI is InChI=1S/C7H10N2O3S.C2H6/c1-13(11,12)3-2-9-5-7(6-10)4-8-9;1-2/h4-6H,2-3H2,1H3;1-2H3. The number of aromatic nitrogens is 2. The fourth-order valence-electron chi connectivity index (χ4n) is 0.822. The van der Waals surface area contributed by atoms with Crippen molar-refractivity contribution in [3.8, 4) is 0 Å². The Balaban J connectivity index is 0.000000921. The summed E-state index contributed by atoms with van der Waals surface area (Å²) >= 11 is 0. The number of hydrogen-bond donors (Lipinski definition) is 0. The zero-order chi connectivity index (χ0) is 11.9. The molecule has 0 N–H and O–H groups in total. The van der Waals surface area contributed by atoms with Crippen LogP contribution in [0.5, 0.6) is 0 Å². The van der Waals surface area contributed by atoms with E-state index in [1.165, 1.54) is 17.1 Å². The van der Waals surface area contributed by atoms with E-state index < -0.39 is 9.84 Å². The minimum absolute atomic E-state index is 0.0347. The second-order valence-corrected chi connectivity index (χ2v) is 5.04. The largest absolute Gasteiger partial charge is 0.298 e. The van der Waals surface area contributed by atoms with Crippen LogP contribution in [0.15, 0.2) is 12.4 Å². The molecule has 0 aliphatic carbocycles. The zero-order valence-electron chi connectivity index (χ0n) is 9.17. The van der Waals surface area contributed by atoms with E-state index in [0.29, 0.717) is 11.8 Å². The molecule has 0 aliphatic heterocycles. The van der Waals surface area contributed by atoms with Crippen LogP contribution in [-0.2, 0) is 16.4 Å². The summed E-state index contributed by atoms with van der Waals surface area (Å²) in [6, 6.07) is 0. The van der Waals surface area contributed by atoms with Gasteiger partial charge in [-0.25, -0.2) is 8.42 Å². The van der Waals surface area contributed by atoms with Gasteiger partial charge in [-0.2, -0.15) is 5.10 Å². The van der Waals surface area contributed by atoms with Gasteiger partial charge in [0.25, 0.3) is 0 Å². The van der Waals surface area contributed by atoms with Crippen LogP contribution >= 0.6 is 0 Å². The first-order chi connectivity index (χ1) is 7.01. The number of aldehydes is 1. The molecule has 6 heteroatoms. The molecule has 0 atom stereocenters. The Morgan fingerprint density at radius 3 is 2.47 bits per heavy atom. The summed E-state index contributed by atoms with van der Waals surface area (Å²) in [7, 11) is -2.97. The van der Waals surface area contributed by atoms with Gasteiger partial charge in [-0.3, -0.25) is 9.48 Å². The van der Waals surface area contributed by atoms with E-state index in [9.17, 15) is 13.2 Å². The summed E-state index contributed by atoms with van der Waals surface area (Å²) in [5.41, 5.74) is 0.452. The second-order valence-electron chi connectivity index (χ2n) is 2.78. The summed E-state index contributed by atoms with van der Waals surface area (Å²) < 4.78 is 23.0. The van der Waals surface area contributed by atoms with Crippen LogP contribution in [0.4, 0.5) is 0 Å². The lowest BCUT2D eigenvalue weighted by molar-refractivity contribution is 0.112. The predicted octanol–water partition coefficient (Wildman–Crippen LogP) is 0.766. The third-order valence-electron chi connectivity index (χ3n) is 1.48. The summed E-state index contributed by atoms with van der Waals surface area (Å²) in [6.45, 7) is 4.28. The molecule has 15 heavy (non-hydrogen) atoms. The molecule has 1 aromatic heterocycles. The van der Waals surface area contributed by atoms with E-state index in [0.717, 1.165) is 6.26 Å². The maximum absolute atomic E-state index is 10.8. The van der Waals surface area contributed by atoms with Gasteiger partial charge in [-0.05, 0) is 0 Å². The number of hydrogen-bond acceptors (Lipinski definition) is 4. The molecule has 0 spiro atoms.